The largest absolute Gasteiger partial charge is 0.487 e. The van der Waals surface area contributed by atoms with E-state index in [0.29, 0.717) is 0 Å². The van der Waals surface area contributed by atoms with E-state index < -0.39 is 121 Å². The van der Waals surface area contributed by atoms with Crippen molar-refractivity contribution in [1.82, 2.24) is 0 Å². The van der Waals surface area contributed by atoms with Crippen molar-refractivity contribution >= 4 is 20.4 Å². The molecule has 0 aromatic heterocycles. The maximum Gasteiger partial charge on any atom is 0.418 e. The van der Waals surface area contributed by atoms with Crippen LogP contribution in [0.2, 0.25) is 0 Å². The van der Waals surface area contributed by atoms with Gasteiger partial charge in [-0.2, -0.15) is 74.3 Å². The second kappa shape index (κ2) is 15.3. The molecule has 59 heavy (non-hydrogen) atoms. The van der Waals surface area contributed by atoms with Gasteiger partial charge in [0.1, 0.15) is 32.5 Å². The van der Waals surface area contributed by atoms with Crippen molar-refractivity contribution in [3.63, 3.8) is 0 Å². The van der Waals surface area contributed by atoms with Gasteiger partial charge in [-0.05, 0) is 88.2 Å². The molecule has 0 aliphatic rings. The van der Waals surface area contributed by atoms with Crippen LogP contribution in [-0.2, 0) is 44.6 Å². The maximum absolute atomic E-state index is 15.0. The first-order valence-corrected chi connectivity index (χ1v) is 19.4. The Kier molecular flexibility index (Phi) is 12.3. The number of halogens is 15. The predicted octanol–water partition coefficient (Wildman–Crippen LogP) is 13.7. The van der Waals surface area contributed by atoms with Crippen LogP contribution in [0.5, 0.6) is 11.5 Å². The molecule has 326 valence electrons. The molecular weight excluding hydrogens is 874 g/mol. The Bertz CT molecular complexity index is 2140. The second-order valence-electron chi connectivity index (χ2n) is 14.4. The highest BCUT2D eigenvalue weighted by atomic mass is 32.3. The van der Waals surface area contributed by atoms with Gasteiger partial charge in [-0.3, -0.25) is 0 Å². The van der Waals surface area contributed by atoms with Crippen LogP contribution in [0.25, 0.3) is 0 Å². The Morgan fingerprint density at radius 2 is 0.678 bits per heavy atom. The third-order valence-electron chi connectivity index (χ3n) is 7.53. The van der Waals surface area contributed by atoms with E-state index >= 15 is 0 Å². The van der Waals surface area contributed by atoms with E-state index in [9.17, 15) is 74.3 Å². The quantitative estimate of drug-likeness (QED) is 0.165. The van der Waals surface area contributed by atoms with Gasteiger partial charge in [0.25, 0.3) is 0 Å². The van der Waals surface area contributed by atoms with Crippen molar-refractivity contribution < 1.29 is 87.4 Å². The minimum absolute atomic E-state index is 0.455. The van der Waals surface area contributed by atoms with Gasteiger partial charge in [0.05, 0.1) is 27.8 Å². The monoisotopic (exact) mass is 904 g/mol. The van der Waals surface area contributed by atoms with E-state index in [0.717, 1.165) is 60.7 Å². The van der Waals surface area contributed by atoms with E-state index in [4.69, 9.17) is 13.1 Å². The molecule has 0 bridgehead atoms. The summed E-state index contributed by atoms with van der Waals surface area (Å²) in [5.74, 6) is -0.910. The number of ether oxygens (including phenoxy) is 2. The van der Waals surface area contributed by atoms with Gasteiger partial charge in [-0.1, -0.05) is 42.5 Å². The average molecular weight is 905 g/mol. The zero-order chi connectivity index (χ0) is 45.2. The fourth-order valence-electron chi connectivity index (χ4n) is 5.84. The summed E-state index contributed by atoms with van der Waals surface area (Å²) in [5, 5.41) is 0. The number of benzene rings is 4. The van der Waals surface area contributed by atoms with E-state index in [2.05, 4.69) is 0 Å². The standard InChI is InChI=1S/C37H31F15O5S2/c1-31(2,3)55-22-18-13-19-23(56-32(4,5)6)29(22)58(20-14-9-7-10-15-20,21-16-11-8-12-17-21)57-59(53,54)30-27(36(47,48)49)25(34(41,42)43)24(33(38,39)40)26(35(44,45)46)28(30)37(50,51)52/h7-19H,1-6H3. The van der Waals surface area contributed by atoms with Crippen LogP contribution in [-0.4, -0.2) is 19.6 Å². The number of alkyl halides is 15. The average Bonchev–Trinajstić information content (AvgIpc) is 3.03. The SMILES string of the molecule is CC(C)(C)Oc1cccc(OC(C)(C)C)c1S(OS(=O)(=O)c1c(C(F)(F)F)c(C(F)(F)F)c(C(F)(F)F)c(C(F)(F)F)c1C(F)(F)F)(c1ccccc1)c1ccccc1. The molecule has 0 saturated heterocycles. The Morgan fingerprint density at radius 3 is 0.949 bits per heavy atom. The van der Waals surface area contributed by atoms with Crippen LogP contribution in [0.3, 0.4) is 0 Å². The highest BCUT2D eigenvalue weighted by molar-refractivity contribution is 8.33. The summed E-state index contributed by atoms with van der Waals surface area (Å²) in [7, 11) is -12.3. The third-order valence-corrected chi connectivity index (χ3v) is 12.8. The molecule has 0 unspecified atom stereocenters. The van der Waals surface area contributed by atoms with Crippen molar-refractivity contribution in [3.8, 4) is 11.5 Å². The molecule has 0 atom stereocenters. The van der Waals surface area contributed by atoms with Crippen molar-refractivity contribution in [3.05, 3.63) is 107 Å². The lowest BCUT2D eigenvalue weighted by atomic mass is 9.89. The minimum atomic E-state index is -7.52. The van der Waals surface area contributed by atoms with Crippen molar-refractivity contribution in [2.24, 2.45) is 0 Å². The van der Waals surface area contributed by atoms with Gasteiger partial charge in [0.2, 0.25) is 0 Å². The molecule has 0 amide bonds. The van der Waals surface area contributed by atoms with Crippen LogP contribution in [0, 0.1) is 0 Å². The number of hydrogen-bond donors (Lipinski definition) is 0. The molecule has 0 saturated carbocycles. The summed E-state index contributed by atoms with van der Waals surface area (Å²) in [6.45, 7) is 8.66. The van der Waals surface area contributed by atoms with Crippen molar-refractivity contribution in [2.75, 3.05) is 0 Å². The summed E-state index contributed by atoms with van der Waals surface area (Å²) in [5.41, 5.74) is -24.4. The molecule has 0 spiro atoms. The molecule has 4 aromatic carbocycles. The molecule has 0 aliphatic carbocycles. The predicted molar refractivity (Wildman–Crippen MR) is 182 cm³/mol. The van der Waals surface area contributed by atoms with Gasteiger partial charge in [0, 0.05) is 9.79 Å². The summed E-state index contributed by atoms with van der Waals surface area (Å²) >= 11 is 0. The van der Waals surface area contributed by atoms with Gasteiger partial charge in [-0.25, -0.2) is 3.63 Å². The lowest BCUT2D eigenvalue weighted by Gasteiger charge is -2.42. The molecule has 0 radical (unpaired) electrons. The molecule has 0 N–H and O–H groups in total. The molecule has 4 rings (SSSR count). The van der Waals surface area contributed by atoms with E-state index in [1.807, 2.05) is 0 Å². The van der Waals surface area contributed by atoms with Gasteiger partial charge in [-0.15, -0.1) is 0 Å². The molecule has 0 aliphatic heterocycles. The van der Waals surface area contributed by atoms with E-state index in [-0.39, 0.29) is 0 Å². The number of rotatable bonds is 8. The van der Waals surface area contributed by atoms with E-state index in [1.165, 1.54) is 59.7 Å². The topological polar surface area (TPSA) is 61.8 Å². The highest BCUT2D eigenvalue weighted by Gasteiger charge is 2.63. The first-order chi connectivity index (χ1) is 26.4. The lowest BCUT2D eigenvalue weighted by molar-refractivity contribution is -0.191. The van der Waals surface area contributed by atoms with Gasteiger partial charge in [0.15, 0.2) is 0 Å². The molecule has 5 nitrogen and oxygen atoms in total. The van der Waals surface area contributed by atoms with Crippen LogP contribution < -0.4 is 9.47 Å². The molecule has 0 fully saturated rings. The van der Waals surface area contributed by atoms with Gasteiger partial charge >= 0.3 is 41.0 Å². The summed E-state index contributed by atoms with van der Waals surface area (Å²) < 4.78 is 267. The van der Waals surface area contributed by atoms with Crippen LogP contribution >= 0.6 is 10.3 Å². The second-order valence-corrected chi connectivity index (χ2v) is 18.7. The number of hydrogen-bond acceptors (Lipinski definition) is 5. The Balaban J connectivity index is 2.49. The summed E-state index contributed by atoms with van der Waals surface area (Å²) in [4.78, 5) is -5.53. The highest BCUT2D eigenvalue weighted by Crippen LogP contribution is 2.75. The Morgan fingerprint density at radius 1 is 0.390 bits per heavy atom. The maximum atomic E-state index is 15.0. The van der Waals surface area contributed by atoms with Crippen molar-refractivity contribution in [2.45, 2.75) is 103 Å². The van der Waals surface area contributed by atoms with Crippen LogP contribution in [0.1, 0.15) is 69.4 Å². The normalized spacial score (nSPS) is 14.3. The van der Waals surface area contributed by atoms with Crippen LogP contribution in [0.4, 0.5) is 65.9 Å². The Labute approximate surface area is 328 Å². The Hall–Kier alpha value is -4.31. The fourth-order valence-corrected chi connectivity index (χ4v) is 11.6. The summed E-state index contributed by atoms with van der Waals surface area (Å²) in [6, 6.07) is 14.9. The minimum Gasteiger partial charge on any atom is -0.487 e. The van der Waals surface area contributed by atoms with E-state index in [1.54, 1.807) is 0 Å². The van der Waals surface area contributed by atoms with Crippen molar-refractivity contribution in [1.29, 1.82) is 0 Å². The molecular formula is C37H31F15O5S2. The molecule has 0 heterocycles. The third kappa shape index (κ3) is 10.0. The smallest absolute Gasteiger partial charge is 0.418 e. The lowest BCUT2D eigenvalue weighted by Crippen LogP contribution is -2.34. The zero-order valence-corrected chi connectivity index (χ0v) is 32.7. The first-order valence-electron chi connectivity index (χ1n) is 16.4. The van der Waals surface area contributed by atoms with Gasteiger partial charge < -0.3 is 9.47 Å². The first kappa shape index (κ1) is 47.4. The summed E-state index contributed by atoms with van der Waals surface area (Å²) in [6.07, 6.45) is -36.1. The zero-order valence-electron chi connectivity index (χ0n) is 31.0. The fraction of sp³-hybridized carbons (Fsp3) is 0.351. The van der Waals surface area contributed by atoms with Crippen LogP contribution in [0.15, 0.2) is 98.4 Å². The molecule has 22 heteroatoms. The molecule has 4 aromatic rings.